The summed E-state index contributed by atoms with van der Waals surface area (Å²) >= 11 is 7.98. The molecular weight excluding hydrogens is 316 g/mol. The average Bonchev–Trinajstić information content (AvgIpc) is 2.99. The topological polar surface area (TPSA) is 34.0 Å². The molecule has 0 aliphatic carbocycles. The van der Waals surface area contributed by atoms with Crippen molar-refractivity contribution >= 4 is 39.1 Å². The Balaban J connectivity index is 2.10. The Morgan fingerprint density at radius 2 is 2.09 bits per heavy atom. The van der Waals surface area contributed by atoms with Crippen LogP contribution in [0.5, 0.6) is 0 Å². The third-order valence-electron chi connectivity index (χ3n) is 3.57. The molecule has 3 aromatic rings. The highest BCUT2D eigenvalue weighted by Gasteiger charge is 2.17. The molecule has 5 heteroatoms. The fourth-order valence-electron chi connectivity index (χ4n) is 2.57. The zero-order valence-electron chi connectivity index (χ0n) is 12.5. The smallest absolute Gasteiger partial charge is 0.267 e. The van der Waals surface area contributed by atoms with E-state index < -0.39 is 0 Å². The van der Waals surface area contributed by atoms with Crippen LogP contribution in [0.15, 0.2) is 36.4 Å². The number of amides is 1. The number of halogens is 1. The highest BCUT2D eigenvalue weighted by atomic mass is 35.5. The predicted molar refractivity (Wildman–Crippen MR) is 93.1 cm³/mol. The van der Waals surface area contributed by atoms with Crippen molar-refractivity contribution in [2.24, 2.45) is 0 Å². The van der Waals surface area contributed by atoms with Crippen LogP contribution in [0.4, 0.5) is 0 Å². The van der Waals surface area contributed by atoms with Gasteiger partial charge >= 0.3 is 0 Å². The molecule has 2 aromatic heterocycles. The number of benzene rings is 1. The number of thiophene rings is 1. The second kappa shape index (κ2) is 6.15. The van der Waals surface area contributed by atoms with Crippen molar-refractivity contribution in [3.8, 4) is 0 Å². The van der Waals surface area contributed by atoms with E-state index in [1.807, 2.05) is 41.8 Å². The highest BCUT2D eigenvalue weighted by molar-refractivity contribution is 7.19. The third-order valence-corrected chi connectivity index (χ3v) is 4.92. The SMILES string of the molecule is CCNC(=O)c1cc2sc(C)cc2n1Cc1ccccc1Cl. The lowest BCUT2D eigenvalue weighted by atomic mass is 10.2. The van der Waals surface area contributed by atoms with Crippen LogP contribution >= 0.6 is 22.9 Å². The number of aryl methyl sites for hydroxylation is 1. The lowest BCUT2D eigenvalue weighted by molar-refractivity contribution is 0.0947. The molecule has 0 unspecified atom stereocenters. The number of carbonyl (C=O) groups is 1. The van der Waals surface area contributed by atoms with E-state index in [-0.39, 0.29) is 5.91 Å². The van der Waals surface area contributed by atoms with E-state index in [4.69, 9.17) is 11.6 Å². The number of hydrogen-bond donors (Lipinski definition) is 1. The van der Waals surface area contributed by atoms with Crippen molar-refractivity contribution in [3.63, 3.8) is 0 Å². The van der Waals surface area contributed by atoms with Crippen molar-refractivity contribution in [1.29, 1.82) is 0 Å². The van der Waals surface area contributed by atoms with E-state index in [0.29, 0.717) is 18.8 Å². The molecule has 0 saturated carbocycles. The quantitative estimate of drug-likeness (QED) is 0.751. The molecule has 0 saturated heterocycles. The first-order valence-corrected chi connectivity index (χ1v) is 8.41. The standard InChI is InChI=1S/C17H17ClN2OS/c1-3-19-17(21)15-9-16-14(8-11(2)22-16)20(15)10-12-6-4-5-7-13(12)18/h4-9H,3,10H2,1-2H3,(H,19,21). The van der Waals surface area contributed by atoms with Gasteiger partial charge in [-0.3, -0.25) is 4.79 Å². The second-order valence-electron chi connectivity index (χ2n) is 5.17. The summed E-state index contributed by atoms with van der Waals surface area (Å²) in [5.41, 5.74) is 2.78. The van der Waals surface area contributed by atoms with E-state index in [1.165, 1.54) is 4.88 Å². The van der Waals surface area contributed by atoms with E-state index in [2.05, 4.69) is 18.3 Å². The number of nitrogens with zero attached hydrogens (tertiary/aromatic N) is 1. The molecule has 22 heavy (non-hydrogen) atoms. The van der Waals surface area contributed by atoms with Gasteiger partial charge < -0.3 is 9.88 Å². The van der Waals surface area contributed by atoms with E-state index >= 15 is 0 Å². The molecule has 1 aromatic carbocycles. The predicted octanol–water partition coefficient (Wildman–Crippen LogP) is 4.46. The van der Waals surface area contributed by atoms with Crippen molar-refractivity contribution in [2.75, 3.05) is 6.54 Å². The second-order valence-corrected chi connectivity index (χ2v) is 6.87. The molecule has 0 bridgehead atoms. The summed E-state index contributed by atoms with van der Waals surface area (Å²) in [5, 5.41) is 3.60. The summed E-state index contributed by atoms with van der Waals surface area (Å²) in [6.45, 7) is 5.20. The van der Waals surface area contributed by atoms with Crippen molar-refractivity contribution in [3.05, 3.63) is 57.6 Å². The minimum absolute atomic E-state index is 0.0457. The molecule has 0 aliphatic rings. The van der Waals surface area contributed by atoms with Crippen LogP contribution in [0, 0.1) is 6.92 Å². The minimum Gasteiger partial charge on any atom is -0.351 e. The number of fused-ring (bicyclic) bond motifs is 1. The lowest BCUT2D eigenvalue weighted by Gasteiger charge is -2.11. The maximum atomic E-state index is 12.3. The van der Waals surface area contributed by atoms with Crippen molar-refractivity contribution in [1.82, 2.24) is 9.88 Å². The number of aromatic nitrogens is 1. The van der Waals surface area contributed by atoms with Gasteiger partial charge in [0.05, 0.1) is 10.2 Å². The number of nitrogens with one attached hydrogen (secondary N) is 1. The fraction of sp³-hybridized carbons (Fsp3) is 0.235. The molecule has 1 amide bonds. The van der Waals surface area contributed by atoms with Crippen LogP contribution in [0.3, 0.4) is 0 Å². The number of rotatable bonds is 4. The van der Waals surface area contributed by atoms with Gasteiger partial charge in [-0.2, -0.15) is 0 Å². The molecule has 1 N–H and O–H groups in total. The molecule has 0 fully saturated rings. The first-order chi connectivity index (χ1) is 10.6. The van der Waals surface area contributed by atoms with Gasteiger partial charge in [0.1, 0.15) is 5.69 Å². The number of carbonyl (C=O) groups excluding carboxylic acids is 1. The largest absolute Gasteiger partial charge is 0.351 e. The van der Waals surface area contributed by atoms with Gasteiger partial charge in [-0.1, -0.05) is 29.8 Å². The third kappa shape index (κ3) is 2.76. The van der Waals surface area contributed by atoms with Gasteiger partial charge in [0.2, 0.25) is 0 Å². The summed E-state index contributed by atoms with van der Waals surface area (Å²) in [5.74, 6) is -0.0457. The maximum absolute atomic E-state index is 12.3. The molecule has 0 aliphatic heterocycles. The molecular formula is C17H17ClN2OS. The van der Waals surface area contributed by atoms with Crippen LogP contribution < -0.4 is 5.32 Å². The van der Waals surface area contributed by atoms with Gasteiger partial charge in [0, 0.05) is 23.0 Å². The Morgan fingerprint density at radius 3 is 2.82 bits per heavy atom. The molecule has 0 radical (unpaired) electrons. The molecule has 3 rings (SSSR count). The van der Waals surface area contributed by atoms with Crippen LogP contribution in [-0.4, -0.2) is 17.0 Å². The summed E-state index contributed by atoms with van der Waals surface area (Å²) in [6, 6.07) is 11.8. The number of hydrogen-bond acceptors (Lipinski definition) is 2. The lowest BCUT2D eigenvalue weighted by Crippen LogP contribution is -2.25. The highest BCUT2D eigenvalue weighted by Crippen LogP contribution is 2.30. The summed E-state index contributed by atoms with van der Waals surface area (Å²) < 4.78 is 3.18. The van der Waals surface area contributed by atoms with E-state index in [1.54, 1.807) is 11.3 Å². The normalized spacial score (nSPS) is 11.0. The van der Waals surface area contributed by atoms with Gasteiger partial charge in [-0.05, 0) is 37.6 Å². The fourth-order valence-corrected chi connectivity index (χ4v) is 3.73. The molecule has 2 heterocycles. The minimum atomic E-state index is -0.0457. The summed E-state index contributed by atoms with van der Waals surface area (Å²) in [7, 11) is 0. The molecule has 114 valence electrons. The zero-order chi connectivity index (χ0) is 15.7. The van der Waals surface area contributed by atoms with E-state index in [9.17, 15) is 4.79 Å². The van der Waals surface area contributed by atoms with Crippen LogP contribution in [0.1, 0.15) is 27.9 Å². The molecule has 3 nitrogen and oxygen atoms in total. The zero-order valence-corrected chi connectivity index (χ0v) is 14.1. The Kier molecular flexibility index (Phi) is 4.23. The van der Waals surface area contributed by atoms with Gasteiger partial charge in [0.15, 0.2) is 0 Å². The Labute approximate surface area is 138 Å². The Hall–Kier alpha value is -1.78. The summed E-state index contributed by atoms with van der Waals surface area (Å²) in [6.07, 6.45) is 0. The van der Waals surface area contributed by atoms with Crippen LogP contribution in [0.25, 0.3) is 10.2 Å². The van der Waals surface area contributed by atoms with Gasteiger partial charge in [-0.25, -0.2) is 0 Å². The first-order valence-electron chi connectivity index (χ1n) is 7.21. The molecule has 0 atom stereocenters. The Bertz CT molecular complexity index is 834. The first kappa shape index (κ1) is 15.1. The summed E-state index contributed by atoms with van der Waals surface area (Å²) in [4.78, 5) is 13.6. The van der Waals surface area contributed by atoms with E-state index in [0.717, 1.165) is 20.8 Å². The maximum Gasteiger partial charge on any atom is 0.267 e. The monoisotopic (exact) mass is 332 g/mol. The molecule has 0 spiro atoms. The average molecular weight is 333 g/mol. The van der Waals surface area contributed by atoms with Crippen LogP contribution in [0.2, 0.25) is 5.02 Å². The van der Waals surface area contributed by atoms with Crippen molar-refractivity contribution in [2.45, 2.75) is 20.4 Å². The van der Waals surface area contributed by atoms with Gasteiger partial charge in [0.25, 0.3) is 5.91 Å². The van der Waals surface area contributed by atoms with Gasteiger partial charge in [-0.15, -0.1) is 11.3 Å². The Morgan fingerprint density at radius 1 is 1.32 bits per heavy atom. The van der Waals surface area contributed by atoms with Crippen molar-refractivity contribution < 1.29 is 4.79 Å². The van der Waals surface area contributed by atoms with Crippen LogP contribution in [-0.2, 0) is 6.54 Å².